The molecule has 2 atom stereocenters. The zero-order valence-corrected chi connectivity index (χ0v) is 19.6. The van der Waals surface area contributed by atoms with Gasteiger partial charge in [0, 0.05) is 50.3 Å². The number of alkyl halides is 3. The Morgan fingerprint density at radius 1 is 1.23 bits per heavy atom. The summed E-state index contributed by atoms with van der Waals surface area (Å²) < 4.78 is 51.4. The second-order valence-electron chi connectivity index (χ2n) is 9.04. The normalized spacial score (nSPS) is 21.9. The number of urea groups is 1. The van der Waals surface area contributed by atoms with Crippen molar-refractivity contribution in [2.24, 2.45) is 11.3 Å². The second-order valence-corrected chi connectivity index (χ2v) is 9.04. The van der Waals surface area contributed by atoms with E-state index in [1.165, 1.54) is 13.2 Å². The molecule has 0 aliphatic carbocycles. The number of anilines is 2. The number of ether oxygens (including phenoxy) is 2. The van der Waals surface area contributed by atoms with Crippen molar-refractivity contribution in [3.05, 3.63) is 53.6 Å². The van der Waals surface area contributed by atoms with Crippen LogP contribution < -0.4 is 15.0 Å². The Labute approximate surface area is 202 Å². The number of rotatable bonds is 5. The minimum atomic E-state index is -4.62. The fourth-order valence-corrected chi connectivity index (χ4v) is 5.19. The van der Waals surface area contributed by atoms with Crippen LogP contribution in [0, 0.1) is 22.7 Å². The molecule has 0 spiro atoms. The smallest absolute Gasteiger partial charge is 0.417 e. The van der Waals surface area contributed by atoms with Gasteiger partial charge >= 0.3 is 12.2 Å². The number of fused-ring (bicyclic) bond motifs is 1. The van der Waals surface area contributed by atoms with Crippen molar-refractivity contribution >= 4 is 17.4 Å². The van der Waals surface area contributed by atoms with Crippen LogP contribution in [0.3, 0.4) is 0 Å². The monoisotopic (exact) mass is 488 g/mol. The molecule has 2 aliphatic rings. The number of hydrogen-bond acceptors (Lipinski definition) is 5. The third-order valence-electron chi connectivity index (χ3n) is 6.99. The molecule has 4 rings (SSSR count). The van der Waals surface area contributed by atoms with Crippen LogP contribution in [-0.2, 0) is 10.9 Å². The maximum absolute atomic E-state index is 13.5. The highest BCUT2D eigenvalue weighted by Gasteiger charge is 2.50. The average Bonchev–Trinajstić information content (AvgIpc) is 3.22. The first-order valence-electron chi connectivity index (χ1n) is 11.2. The molecule has 1 N–H and O–H groups in total. The summed E-state index contributed by atoms with van der Waals surface area (Å²) in [4.78, 5) is 16.7. The average molecular weight is 489 g/mol. The SMILES string of the molecule is COC[C@@]12CCN(C(=O)Nc3ccccc3OC)C[C@@H]1CN(c1ccc(C#N)c(C(F)(F)F)c1)C2. The number of carbonyl (C=O) groups excluding carboxylic acids is 1. The number of likely N-dealkylation sites (tertiary alicyclic amines) is 1. The molecule has 0 bridgehead atoms. The van der Waals surface area contributed by atoms with Gasteiger partial charge < -0.3 is 24.6 Å². The van der Waals surface area contributed by atoms with E-state index in [-0.39, 0.29) is 17.4 Å². The summed E-state index contributed by atoms with van der Waals surface area (Å²) in [5, 5.41) is 12.0. The molecule has 2 aliphatic heterocycles. The molecule has 0 aromatic heterocycles. The Balaban J connectivity index is 1.54. The topological polar surface area (TPSA) is 77.8 Å². The zero-order valence-electron chi connectivity index (χ0n) is 19.6. The highest BCUT2D eigenvalue weighted by Crippen LogP contribution is 2.45. The van der Waals surface area contributed by atoms with Gasteiger partial charge in [-0.25, -0.2) is 4.79 Å². The van der Waals surface area contributed by atoms with Crippen molar-refractivity contribution in [2.75, 3.05) is 57.2 Å². The Hall–Kier alpha value is -3.45. The first-order chi connectivity index (χ1) is 16.7. The van der Waals surface area contributed by atoms with E-state index in [2.05, 4.69) is 5.32 Å². The first kappa shape index (κ1) is 24.7. The fourth-order valence-electron chi connectivity index (χ4n) is 5.19. The van der Waals surface area contributed by atoms with Gasteiger partial charge in [0.1, 0.15) is 5.75 Å². The van der Waals surface area contributed by atoms with E-state index in [4.69, 9.17) is 14.7 Å². The third kappa shape index (κ3) is 4.86. The lowest BCUT2D eigenvalue weighted by molar-refractivity contribution is -0.137. The highest BCUT2D eigenvalue weighted by molar-refractivity contribution is 5.91. The Bertz CT molecular complexity index is 1130. The van der Waals surface area contributed by atoms with Crippen molar-refractivity contribution in [3.63, 3.8) is 0 Å². The van der Waals surface area contributed by atoms with Crippen LogP contribution in [0.1, 0.15) is 17.5 Å². The molecule has 2 amide bonds. The fraction of sp³-hybridized carbons (Fsp3) is 0.440. The predicted molar refractivity (Wildman–Crippen MR) is 124 cm³/mol. The number of carbonyl (C=O) groups is 1. The van der Waals surface area contributed by atoms with Crippen LogP contribution in [0.15, 0.2) is 42.5 Å². The minimum absolute atomic E-state index is 0.00426. The number of para-hydroxylation sites is 2. The molecule has 2 fully saturated rings. The Morgan fingerprint density at radius 2 is 2.00 bits per heavy atom. The molecule has 2 heterocycles. The summed E-state index contributed by atoms with van der Waals surface area (Å²) in [6.45, 7) is 2.37. The van der Waals surface area contributed by atoms with Crippen molar-refractivity contribution in [2.45, 2.75) is 12.6 Å². The molecule has 0 radical (unpaired) electrons. The van der Waals surface area contributed by atoms with E-state index in [0.717, 1.165) is 6.07 Å². The molecule has 10 heteroatoms. The van der Waals surface area contributed by atoms with Gasteiger partial charge in [0.2, 0.25) is 0 Å². The Kier molecular flexibility index (Phi) is 6.81. The van der Waals surface area contributed by atoms with Crippen molar-refractivity contribution in [3.8, 4) is 11.8 Å². The van der Waals surface area contributed by atoms with Gasteiger partial charge in [-0.3, -0.25) is 0 Å². The minimum Gasteiger partial charge on any atom is -0.495 e. The number of piperidine rings is 1. The molecule has 0 unspecified atom stereocenters. The molecule has 2 saturated heterocycles. The van der Waals surface area contributed by atoms with E-state index >= 15 is 0 Å². The third-order valence-corrected chi connectivity index (χ3v) is 6.99. The lowest BCUT2D eigenvalue weighted by Gasteiger charge is -2.42. The number of nitrogens with zero attached hydrogens (tertiary/aromatic N) is 3. The molecule has 0 saturated carbocycles. The molecule has 7 nitrogen and oxygen atoms in total. The standard InChI is InChI=1S/C25H27F3N4O3/c1-34-16-24-9-10-31(23(33)30-21-5-3-4-6-22(21)35-2)13-18(24)14-32(15-24)19-8-7-17(12-29)20(11-19)25(26,27)28/h3-8,11,18H,9-10,13-16H2,1-2H3,(H,30,33)/t18-,24+/m1/s1. The van der Waals surface area contributed by atoms with Crippen LogP contribution in [0.25, 0.3) is 0 Å². The lowest BCUT2D eigenvalue weighted by Crippen LogP contribution is -2.51. The van der Waals surface area contributed by atoms with E-state index in [1.54, 1.807) is 42.3 Å². The van der Waals surface area contributed by atoms with Gasteiger partial charge in [0.15, 0.2) is 0 Å². The molecule has 186 valence electrons. The summed E-state index contributed by atoms with van der Waals surface area (Å²) in [7, 11) is 3.14. The molecular weight excluding hydrogens is 461 g/mol. The van der Waals surface area contributed by atoms with Gasteiger partial charge in [-0.15, -0.1) is 0 Å². The van der Waals surface area contributed by atoms with Crippen molar-refractivity contribution in [1.29, 1.82) is 5.26 Å². The number of nitriles is 1. The molecule has 35 heavy (non-hydrogen) atoms. The van der Waals surface area contributed by atoms with E-state index in [1.807, 2.05) is 11.0 Å². The maximum Gasteiger partial charge on any atom is 0.417 e. The van der Waals surface area contributed by atoms with Crippen LogP contribution in [0.2, 0.25) is 0 Å². The number of benzene rings is 2. The summed E-state index contributed by atoms with van der Waals surface area (Å²) in [6.07, 6.45) is -3.96. The van der Waals surface area contributed by atoms with Gasteiger partial charge in [-0.05, 0) is 36.8 Å². The van der Waals surface area contributed by atoms with Gasteiger partial charge in [-0.2, -0.15) is 18.4 Å². The largest absolute Gasteiger partial charge is 0.495 e. The van der Waals surface area contributed by atoms with Gasteiger partial charge in [0.05, 0.1) is 36.6 Å². The lowest BCUT2D eigenvalue weighted by atomic mass is 9.73. The number of hydrogen-bond donors (Lipinski definition) is 1. The van der Waals surface area contributed by atoms with Gasteiger partial charge in [-0.1, -0.05) is 12.1 Å². The van der Waals surface area contributed by atoms with E-state index in [0.29, 0.717) is 56.3 Å². The number of amides is 2. The van der Waals surface area contributed by atoms with Crippen LogP contribution in [-0.4, -0.2) is 57.9 Å². The zero-order chi connectivity index (χ0) is 25.2. The summed E-state index contributed by atoms with van der Waals surface area (Å²) >= 11 is 0. The highest BCUT2D eigenvalue weighted by atomic mass is 19.4. The number of halogens is 3. The maximum atomic E-state index is 13.5. The van der Waals surface area contributed by atoms with Crippen LogP contribution in [0.4, 0.5) is 29.3 Å². The summed E-state index contributed by atoms with van der Waals surface area (Å²) in [5.41, 5.74) is -0.651. The second kappa shape index (κ2) is 9.66. The molecule has 2 aromatic rings. The van der Waals surface area contributed by atoms with Crippen molar-refractivity contribution in [1.82, 2.24) is 4.90 Å². The number of methoxy groups -OCH3 is 2. The van der Waals surface area contributed by atoms with E-state index in [9.17, 15) is 18.0 Å². The number of nitrogens with one attached hydrogen (secondary N) is 1. The molecule has 2 aromatic carbocycles. The van der Waals surface area contributed by atoms with Crippen LogP contribution in [0.5, 0.6) is 5.75 Å². The predicted octanol–water partition coefficient (Wildman–Crippen LogP) is 4.59. The Morgan fingerprint density at radius 3 is 2.69 bits per heavy atom. The van der Waals surface area contributed by atoms with E-state index < -0.39 is 17.3 Å². The molecular formula is C25H27F3N4O3. The van der Waals surface area contributed by atoms with Crippen LogP contribution >= 0.6 is 0 Å². The van der Waals surface area contributed by atoms with Crippen molar-refractivity contribution < 1.29 is 27.4 Å². The van der Waals surface area contributed by atoms with Gasteiger partial charge in [0.25, 0.3) is 0 Å². The summed E-state index contributed by atoms with van der Waals surface area (Å²) in [5.74, 6) is 0.560. The summed E-state index contributed by atoms with van der Waals surface area (Å²) in [6, 6.07) is 12.3. The first-order valence-corrected chi connectivity index (χ1v) is 11.2. The quantitative estimate of drug-likeness (QED) is 0.666.